The van der Waals surface area contributed by atoms with Crippen LogP contribution in [-0.2, 0) is 23.9 Å². The second kappa shape index (κ2) is 9.15. The van der Waals surface area contributed by atoms with Crippen LogP contribution in [0.5, 0.6) is 0 Å². The molecule has 0 amide bonds. The lowest BCUT2D eigenvalue weighted by atomic mass is 9.63. The maximum Gasteiger partial charge on any atom is 0.334 e. The van der Waals surface area contributed by atoms with Gasteiger partial charge < -0.3 is 9.47 Å². The monoisotopic (exact) mass is 414 g/mol. The van der Waals surface area contributed by atoms with Gasteiger partial charge in [0.25, 0.3) is 0 Å². The first kappa shape index (κ1) is 23.8. The molecule has 5 nitrogen and oxygen atoms in total. The summed E-state index contributed by atoms with van der Waals surface area (Å²) in [6.45, 7) is 14.8. The number of carbonyl (C=O) groups excluding carboxylic acids is 3. The summed E-state index contributed by atoms with van der Waals surface area (Å²) in [4.78, 5) is 37.7. The van der Waals surface area contributed by atoms with Crippen molar-refractivity contribution in [3.05, 3.63) is 46.6 Å². The molecule has 0 aromatic heterocycles. The summed E-state index contributed by atoms with van der Waals surface area (Å²) in [5, 5.41) is 0. The molecule has 164 valence electrons. The zero-order valence-corrected chi connectivity index (χ0v) is 19.4. The van der Waals surface area contributed by atoms with Gasteiger partial charge in [-0.2, -0.15) is 0 Å². The molecule has 2 rings (SSSR count). The lowest BCUT2D eigenvalue weighted by Gasteiger charge is -2.43. The first-order valence-electron chi connectivity index (χ1n) is 10.5. The normalized spacial score (nSPS) is 29.3. The Morgan fingerprint density at radius 3 is 2.07 bits per heavy atom. The first-order chi connectivity index (χ1) is 13.9. The summed E-state index contributed by atoms with van der Waals surface area (Å²) in [7, 11) is 0. The Hall–Kier alpha value is -2.43. The Morgan fingerprint density at radius 2 is 1.53 bits per heavy atom. The van der Waals surface area contributed by atoms with Crippen molar-refractivity contribution < 1.29 is 23.9 Å². The van der Waals surface area contributed by atoms with Gasteiger partial charge in [0.2, 0.25) is 0 Å². The average Bonchev–Trinajstić information content (AvgIpc) is 2.76. The molecule has 0 radical (unpaired) electrons. The molecular formula is C25H34O5. The van der Waals surface area contributed by atoms with Crippen molar-refractivity contribution >= 4 is 17.7 Å². The van der Waals surface area contributed by atoms with Gasteiger partial charge in [-0.25, -0.2) is 9.59 Å². The summed E-state index contributed by atoms with van der Waals surface area (Å²) < 4.78 is 11.8. The number of allylic oxidation sites excluding steroid dienone is 5. The van der Waals surface area contributed by atoms with Gasteiger partial charge in [0.1, 0.15) is 6.10 Å². The molecule has 0 saturated heterocycles. The maximum atomic E-state index is 12.7. The van der Waals surface area contributed by atoms with Gasteiger partial charge in [0.05, 0.1) is 0 Å². The highest BCUT2D eigenvalue weighted by molar-refractivity contribution is 5.96. The van der Waals surface area contributed by atoms with Crippen LogP contribution in [0, 0.1) is 17.3 Å². The predicted molar refractivity (Wildman–Crippen MR) is 117 cm³/mol. The Kier molecular flexibility index (Phi) is 7.27. The van der Waals surface area contributed by atoms with E-state index in [1.807, 2.05) is 39.8 Å². The van der Waals surface area contributed by atoms with E-state index < -0.39 is 29.6 Å². The lowest BCUT2D eigenvalue weighted by molar-refractivity contribution is -0.171. The molecule has 4 atom stereocenters. The van der Waals surface area contributed by atoms with Crippen LogP contribution in [-0.4, -0.2) is 29.9 Å². The van der Waals surface area contributed by atoms with Gasteiger partial charge in [-0.3, -0.25) is 4.79 Å². The number of hydrogen-bond acceptors (Lipinski definition) is 5. The molecule has 30 heavy (non-hydrogen) atoms. The fourth-order valence-electron chi connectivity index (χ4n) is 4.20. The number of Topliss-reactive ketones (excluding diaryl/α,β-unsaturated/α-hetero) is 1. The van der Waals surface area contributed by atoms with E-state index in [-0.39, 0.29) is 17.6 Å². The number of ether oxygens (including phenoxy) is 2. The van der Waals surface area contributed by atoms with E-state index in [4.69, 9.17) is 9.47 Å². The average molecular weight is 415 g/mol. The van der Waals surface area contributed by atoms with E-state index in [0.717, 1.165) is 11.1 Å². The van der Waals surface area contributed by atoms with E-state index in [2.05, 4.69) is 0 Å². The summed E-state index contributed by atoms with van der Waals surface area (Å²) in [6, 6.07) is 0. The molecule has 0 bridgehead atoms. The zero-order valence-electron chi connectivity index (χ0n) is 19.4. The zero-order chi connectivity index (χ0) is 22.8. The number of rotatable bonds is 4. The summed E-state index contributed by atoms with van der Waals surface area (Å²) in [5.74, 6) is -0.804. The van der Waals surface area contributed by atoms with E-state index in [9.17, 15) is 14.4 Å². The third-order valence-electron chi connectivity index (χ3n) is 6.60. The largest absolute Gasteiger partial charge is 0.454 e. The lowest BCUT2D eigenvalue weighted by Crippen LogP contribution is -2.48. The van der Waals surface area contributed by atoms with Crippen molar-refractivity contribution in [3.63, 3.8) is 0 Å². The molecule has 0 aromatic rings. The fourth-order valence-corrected chi connectivity index (χ4v) is 4.20. The van der Waals surface area contributed by atoms with Crippen molar-refractivity contribution in [3.8, 4) is 0 Å². The summed E-state index contributed by atoms with van der Waals surface area (Å²) in [5.41, 5.74) is 2.11. The third kappa shape index (κ3) is 4.66. The molecule has 0 aliphatic heterocycles. The Bertz CT molecular complexity index is 853. The van der Waals surface area contributed by atoms with Gasteiger partial charge in [0.15, 0.2) is 11.9 Å². The Balaban J connectivity index is 2.58. The molecule has 0 heterocycles. The molecule has 0 spiro atoms. The third-order valence-corrected chi connectivity index (χ3v) is 6.60. The van der Waals surface area contributed by atoms with E-state index in [0.29, 0.717) is 17.6 Å². The number of hydrogen-bond donors (Lipinski definition) is 0. The van der Waals surface area contributed by atoms with E-state index in [1.54, 1.807) is 39.8 Å². The highest BCUT2D eigenvalue weighted by Gasteiger charge is 2.51. The quantitative estimate of drug-likeness (QED) is 0.372. The van der Waals surface area contributed by atoms with Crippen molar-refractivity contribution in [2.45, 2.75) is 74.0 Å². The fraction of sp³-hybridized carbons (Fsp3) is 0.560. The van der Waals surface area contributed by atoms with Crippen LogP contribution >= 0.6 is 0 Å². The molecule has 2 aliphatic carbocycles. The van der Waals surface area contributed by atoms with Gasteiger partial charge in [-0.05, 0) is 65.0 Å². The highest BCUT2D eigenvalue weighted by atomic mass is 16.6. The number of esters is 2. The smallest absolute Gasteiger partial charge is 0.334 e. The van der Waals surface area contributed by atoms with Gasteiger partial charge in [-0.15, -0.1) is 0 Å². The minimum Gasteiger partial charge on any atom is -0.454 e. The van der Waals surface area contributed by atoms with Gasteiger partial charge in [0, 0.05) is 23.0 Å². The van der Waals surface area contributed by atoms with Crippen LogP contribution in [0.3, 0.4) is 0 Å². The van der Waals surface area contributed by atoms with Crippen LogP contribution in [0.1, 0.15) is 61.8 Å². The first-order valence-corrected chi connectivity index (χ1v) is 10.5. The van der Waals surface area contributed by atoms with Crippen LogP contribution < -0.4 is 0 Å². The number of fused-ring (bicyclic) bond motifs is 1. The standard InChI is InChI=1S/C25H34O5/c1-9-14(3)23(27)29-21-12-16(5)18-13-20(26)17(6)11-19(18)25(7,8)22(21)30-24(28)15(4)10-2/h9-12,18-19,21-22H,13H2,1-8H3/b14-9-,15-10-/t18-,19-,21+,22-/m0/s1. The van der Waals surface area contributed by atoms with Gasteiger partial charge >= 0.3 is 11.9 Å². The van der Waals surface area contributed by atoms with Crippen molar-refractivity contribution in [1.29, 1.82) is 0 Å². The van der Waals surface area contributed by atoms with Crippen molar-refractivity contribution in [2.24, 2.45) is 17.3 Å². The highest BCUT2D eigenvalue weighted by Crippen LogP contribution is 2.49. The van der Waals surface area contributed by atoms with Crippen LogP contribution in [0.25, 0.3) is 0 Å². The molecule has 5 heteroatoms. The van der Waals surface area contributed by atoms with Crippen LogP contribution in [0.2, 0.25) is 0 Å². The number of ketones is 1. The van der Waals surface area contributed by atoms with Gasteiger partial charge in [-0.1, -0.05) is 37.6 Å². The molecule has 0 aromatic carbocycles. The second-order valence-corrected chi connectivity index (χ2v) is 8.98. The summed E-state index contributed by atoms with van der Waals surface area (Å²) >= 11 is 0. The molecule has 0 saturated carbocycles. The Morgan fingerprint density at radius 1 is 1.00 bits per heavy atom. The molecule has 0 unspecified atom stereocenters. The molecule has 0 fully saturated rings. The molecule has 2 aliphatic rings. The van der Waals surface area contributed by atoms with Crippen molar-refractivity contribution in [2.75, 3.05) is 0 Å². The van der Waals surface area contributed by atoms with E-state index in [1.165, 1.54) is 0 Å². The second-order valence-electron chi connectivity index (χ2n) is 8.98. The minimum atomic E-state index is -0.745. The molecule has 0 N–H and O–H groups in total. The minimum absolute atomic E-state index is 0.0215. The van der Waals surface area contributed by atoms with E-state index >= 15 is 0 Å². The van der Waals surface area contributed by atoms with Crippen LogP contribution in [0.4, 0.5) is 0 Å². The predicted octanol–water partition coefficient (Wildman–Crippen LogP) is 4.88. The number of carbonyl (C=O) groups is 3. The van der Waals surface area contributed by atoms with Crippen molar-refractivity contribution in [1.82, 2.24) is 0 Å². The molecular weight excluding hydrogens is 380 g/mol. The SMILES string of the molecule is C/C=C(/C)C(=O)O[C@@H]1C=C(C)[C@@H]2CC(=O)C(C)=C[C@@H]2C(C)(C)[C@H]1OC(=O)/C(C)=C\C. The Labute approximate surface area is 179 Å². The topological polar surface area (TPSA) is 69.7 Å². The summed E-state index contributed by atoms with van der Waals surface area (Å²) in [6.07, 6.45) is 6.21. The maximum absolute atomic E-state index is 12.7. The van der Waals surface area contributed by atoms with Crippen LogP contribution in [0.15, 0.2) is 46.6 Å².